The second-order valence-corrected chi connectivity index (χ2v) is 7.32. The lowest BCUT2D eigenvalue weighted by atomic mass is 9.99. The summed E-state index contributed by atoms with van der Waals surface area (Å²) in [6.45, 7) is 6.83. The molecule has 2 atom stereocenters. The molecule has 0 aliphatic carbocycles. The Morgan fingerprint density at radius 1 is 1.21 bits per heavy atom. The minimum absolute atomic E-state index is 0.292. The molecule has 0 spiro atoms. The van der Waals surface area contributed by atoms with E-state index in [9.17, 15) is 4.79 Å². The van der Waals surface area contributed by atoms with Gasteiger partial charge in [-0.15, -0.1) is 0 Å². The van der Waals surface area contributed by atoms with E-state index in [1.807, 2.05) is 4.90 Å². The number of ether oxygens (including phenoxy) is 1. The molecular formula is C20H30N2O2. The topological polar surface area (TPSA) is 41.6 Å². The normalized spacial score (nSPS) is 26.9. The van der Waals surface area contributed by atoms with Crippen molar-refractivity contribution in [2.45, 2.75) is 70.7 Å². The van der Waals surface area contributed by atoms with Crippen LogP contribution in [0.2, 0.25) is 0 Å². The number of fused-ring (bicyclic) bond motifs is 1. The number of benzene rings is 1. The minimum Gasteiger partial charge on any atom is -0.375 e. The average molecular weight is 330 g/mol. The lowest BCUT2D eigenvalue weighted by Crippen LogP contribution is -2.42. The minimum atomic E-state index is 0.292. The Morgan fingerprint density at radius 2 is 1.92 bits per heavy atom. The molecule has 0 radical (unpaired) electrons. The second-order valence-electron chi connectivity index (χ2n) is 7.32. The monoisotopic (exact) mass is 330 g/mol. The quantitative estimate of drug-likeness (QED) is 0.844. The fraction of sp³-hybridized carbons (Fsp3) is 0.650. The maximum atomic E-state index is 12.4. The number of carbonyl (C=O) groups excluding carboxylic acids is 1. The third-order valence-electron chi connectivity index (χ3n) is 5.18. The Hall–Kier alpha value is -1.39. The summed E-state index contributed by atoms with van der Waals surface area (Å²) in [5.41, 5.74) is 2.70. The molecule has 2 aliphatic heterocycles. The van der Waals surface area contributed by atoms with Gasteiger partial charge in [-0.05, 0) is 57.2 Å². The molecule has 1 fully saturated rings. The predicted octanol–water partition coefficient (Wildman–Crippen LogP) is 2.90. The van der Waals surface area contributed by atoms with E-state index in [2.05, 4.69) is 43.4 Å². The molecule has 4 nitrogen and oxygen atoms in total. The first-order chi connectivity index (χ1) is 11.6. The van der Waals surface area contributed by atoms with Gasteiger partial charge in [0.1, 0.15) is 0 Å². The van der Waals surface area contributed by atoms with Crippen LogP contribution in [-0.2, 0) is 22.5 Å². The number of amides is 1. The Bertz CT molecular complexity index is 550. The summed E-state index contributed by atoms with van der Waals surface area (Å²) in [4.78, 5) is 14.5. The molecule has 0 bridgehead atoms. The third kappa shape index (κ3) is 4.58. The van der Waals surface area contributed by atoms with Crippen LogP contribution in [0.5, 0.6) is 0 Å². The Balaban J connectivity index is 1.37. The van der Waals surface area contributed by atoms with Gasteiger partial charge in [-0.1, -0.05) is 24.3 Å². The van der Waals surface area contributed by atoms with Gasteiger partial charge in [0.15, 0.2) is 0 Å². The number of nitrogens with one attached hydrogen (secondary N) is 1. The van der Waals surface area contributed by atoms with Gasteiger partial charge in [0.25, 0.3) is 0 Å². The van der Waals surface area contributed by atoms with Crippen LogP contribution in [0.15, 0.2) is 24.3 Å². The standard InChI is InChI=1S/C20H30N2O2/c1-15-12-19(13-16(2)24-15)21-10-5-8-20(23)22-11-9-17-6-3-4-7-18(17)14-22/h3-4,6-7,15-16,19,21H,5,8-14H2,1-2H3/t15-,16-/m0/s1. The highest BCUT2D eigenvalue weighted by molar-refractivity contribution is 5.76. The predicted molar refractivity (Wildman–Crippen MR) is 95.8 cm³/mol. The van der Waals surface area contributed by atoms with Crippen molar-refractivity contribution in [1.82, 2.24) is 10.2 Å². The van der Waals surface area contributed by atoms with Crippen LogP contribution < -0.4 is 5.32 Å². The first-order valence-corrected chi connectivity index (χ1v) is 9.35. The van der Waals surface area contributed by atoms with Crippen molar-refractivity contribution in [3.8, 4) is 0 Å². The Labute approximate surface area is 145 Å². The molecule has 1 saturated heterocycles. The van der Waals surface area contributed by atoms with E-state index in [-0.39, 0.29) is 0 Å². The van der Waals surface area contributed by atoms with Gasteiger partial charge in [-0.2, -0.15) is 0 Å². The number of hydrogen-bond acceptors (Lipinski definition) is 3. The van der Waals surface area contributed by atoms with Crippen molar-refractivity contribution < 1.29 is 9.53 Å². The van der Waals surface area contributed by atoms with Crippen molar-refractivity contribution in [2.75, 3.05) is 13.1 Å². The van der Waals surface area contributed by atoms with E-state index in [0.717, 1.165) is 45.3 Å². The molecule has 0 unspecified atom stereocenters. The summed E-state index contributed by atoms with van der Waals surface area (Å²) < 4.78 is 5.77. The first-order valence-electron chi connectivity index (χ1n) is 9.35. The van der Waals surface area contributed by atoms with Crippen molar-refractivity contribution >= 4 is 5.91 Å². The molecule has 2 heterocycles. The third-order valence-corrected chi connectivity index (χ3v) is 5.18. The van der Waals surface area contributed by atoms with Crippen LogP contribution in [0.25, 0.3) is 0 Å². The van der Waals surface area contributed by atoms with Crippen LogP contribution in [0.4, 0.5) is 0 Å². The van der Waals surface area contributed by atoms with E-state index < -0.39 is 0 Å². The first kappa shape index (κ1) is 17.4. The van der Waals surface area contributed by atoms with Crippen LogP contribution >= 0.6 is 0 Å². The maximum Gasteiger partial charge on any atom is 0.222 e. The zero-order valence-corrected chi connectivity index (χ0v) is 15.0. The van der Waals surface area contributed by atoms with Crippen LogP contribution in [0.1, 0.15) is 50.7 Å². The summed E-state index contributed by atoms with van der Waals surface area (Å²) in [5, 5.41) is 3.61. The van der Waals surface area contributed by atoms with E-state index in [1.54, 1.807) is 0 Å². The summed E-state index contributed by atoms with van der Waals surface area (Å²) in [6, 6.07) is 8.99. The zero-order chi connectivity index (χ0) is 16.9. The highest BCUT2D eigenvalue weighted by Gasteiger charge is 2.24. The molecule has 3 rings (SSSR count). The van der Waals surface area contributed by atoms with E-state index in [1.165, 1.54) is 11.1 Å². The highest BCUT2D eigenvalue weighted by atomic mass is 16.5. The van der Waals surface area contributed by atoms with Crippen molar-refractivity contribution in [3.05, 3.63) is 35.4 Å². The summed E-state index contributed by atoms with van der Waals surface area (Å²) in [7, 11) is 0. The fourth-order valence-corrected chi connectivity index (χ4v) is 3.98. The lowest BCUT2D eigenvalue weighted by molar-refractivity contribution is -0.132. The van der Waals surface area contributed by atoms with Crippen molar-refractivity contribution in [3.63, 3.8) is 0 Å². The van der Waals surface area contributed by atoms with Gasteiger partial charge in [-0.3, -0.25) is 4.79 Å². The summed E-state index contributed by atoms with van der Waals surface area (Å²) >= 11 is 0. The van der Waals surface area contributed by atoms with Gasteiger partial charge in [0, 0.05) is 25.6 Å². The van der Waals surface area contributed by atoms with E-state index in [0.29, 0.717) is 30.6 Å². The van der Waals surface area contributed by atoms with Crippen molar-refractivity contribution in [1.29, 1.82) is 0 Å². The van der Waals surface area contributed by atoms with Gasteiger partial charge >= 0.3 is 0 Å². The lowest BCUT2D eigenvalue weighted by Gasteiger charge is -2.33. The molecule has 0 aromatic heterocycles. The fourth-order valence-electron chi connectivity index (χ4n) is 3.98. The Morgan fingerprint density at radius 3 is 2.67 bits per heavy atom. The van der Waals surface area contributed by atoms with E-state index >= 15 is 0 Å². The van der Waals surface area contributed by atoms with Gasteiger partial charge in [0.05, 0.1) is 12.2 Å². The summed E-state index contributed by atoms with van der Waals surface area (Å²) in [6.07, 6.45) is 5.35. The van der Waals surface area contributed by atoms with Crippen molar-refractivity contribution in [2.24, 2.45) is 0 Å². The molecule has 0 saturated carbocycles. The molecule has 132 valence electrons. The smallest absolute Gasteiger partial charge is 0.222 e. The van der Waals surface area contributed by atoms with Gasteiger partial charge in [0.2, 0.25) is 5.91 Å². The number of nitrogens with zero attached hydrogens (tertiary/aromatic N) is 1. The number of rotatable bonds is 5. The SMILES string of the molecule is C[C@H]1CC(NCCCC(=O)N2CCc3ccccc3C2)C[C@H](C)O1. The van der Waals surface area contributed by atoms with Gasteiger partial charge < -0.3 is 15.0 Å². The van der Waals surface area contributed by atoms with Crippen LogP contribution in [0, 0.1) is 0 Å². The Kier molecular flexibility index (Phi) is 5.90. The molecule has 2 aliphatic rings. The highest BCUT2D eigenvalue weighted by Crippen LogP contribution is 2.20. The number of hydrogen-bond donors (Lipinski definition) is 1. The average Bonchev–Trinajstić information content (AvgIpc) is 2.57. The molecule has 1 aromatic carbocycles. The van der Waals surface area contributed by atoms with E-state index in [4.69, 9.17) is 4.74 Å². The van der Waals surface area contributed by atoms with Crippen LogP contribution in [-0.4, -0.2) is 42.1 Å². The van der Waals surface area contributed by atoms with Crippen LogP contribution in [0.3, 0.4) is 0 Å². The molecule has 4 heteroatoms. The number of carbonyl (C=O) groups is 1. The molecular weight excluding hydrogens is 300 g/mol. The molecule has 1 amide bonds. The largest absolute Gasteiger partial charge is 0.375 e. The summed E-state index contributed by atoms with van der Waals surface area (Å²) in [5.74, 6) is 0.292. The zero-order valence-electron chi connectivity index (χ0n) is 15.0. The molecule has 1 aromatic rings. The molecule has 1 N–H and O–H groups in total. The molecule has 24 heavy (non-hydrogen) atoms. The second kappa shape index (κ2) is 8.13. The maximum absolute atomic E-state index is 12.4. The van der Waals surface area contributed by atoms with Gasteiger partial charge in [-0.25, -0.2) is 0 Å².